The highest BCUT2D eigenvalue weighted by Crippen LogP contribution is 2.25. The van der Waals surface area contributed by atoms with Gasteiger partial charge >= 0.3 is 0 Å². The van der Waals surface area contributed by atoms with Crippen molar-refractivity contribution in [3.05, 3.63) is 53.7 Å². The second kappa shape index (κ2) is 6.20. The number of para-hydroxylation sites is 1. The van der Waals surface area contributed by atoms with Crippen LogP contribution in [0.2, 0.25) is 0 Å². The van der Waals surface area contributed by atoms with Crippen molar-refractivity contribution >= 4 is 0 Å². The Balaban J connectivity index is 2.10. The zero-order valence-corrected chi connectivity index (χ0v) is 11.0. The maximum atomic E-state index is 9.67. The van der Waals surface area contributed by atoms with Gasteiger partial charge in [0.2, 0.25) is 5.88 Å². The predicted molar refractivity (Wildman–Crippen MR) is 72.2 cm³/mol. The second-order valence-electron chi connectivity index (χ2n) is 4.17. The molecule has 4 heteroatoms. The first kappa shape index (κ1) is 13.4. The molecule has 1 atom stereocenters. The van der Waals surface area contributed by atoms with Gasteiger partial charge in [-0.15, -0.1) is 0 Å². The third-order valence-corrected chi connectivity index (χ3v) is 2.74. The SMILES string of the molecule is COc1cccc(COc2ccccc2C(C)O)n1. The quantitative estimate of drug-likeness (QED) is 0.897. The number of nitrogens with zero attached hydrogens (tertiary/aromatic N) is 1. The molecule has 1 aromatic heterocycles. The molecule has 1 heterocycles. The number of benzene rings is 1. The summed E-state index contributed by atoms with van der Waals surface area (Å²) >= 11 is 0. The molecule has 1 N–H and O–H groups in total. The van der Waals surface area contributed by atoms with E-state index in [2.05, 4.69) is 4.98 Å². The van der Waals surface area contributed by atoms with Gasteiger partial charge in [-0.3, -0.25) is 0 Å². The summed E-state index contributed by atoms with van der Waals surface area (Å²) in [6, 6.07) is 13.0. The van der Waals surface area contributed by atoms with Crippen molar-refractivity contribution in [2.24, 2.45) is 0 Å². The summed E-state index contributed by atoms with van der Waals surface area (Å²) in [6.45, 7) is 2.05. The number of aromatic nitrogens is 1. The Morgan fingerprint density at radius 3 is 2.68 bits per heavy atom. The molecular weight excluding hydrogens is 242 g/mol. The van der Waals surface area contributed by atoms with Crippen molar-refractivity contribution in [3.63, 3.8) is 0 Å². The van der Waals surface area contributed by atoms with Gasteiger partial charge in [0.25, 0.3) is 0 Å². The maximum Gasteiger partial charge on any atom is 0.213 e. The van der Waals surface area contributed by atoms with Crippen molar-refractivity contribution in [1.29, 1.82) is 0 Å². The van der Waals surface area contributed by atoms with Gasteiger partial charge in [-0.25, -0.2) is 4.98 Å². The minimum absolute atomic E-state index is 0.334. The first-order valence-corrected chi connectivity index (χ1v) is 6.10. The van der Waals surface area contributed by atoms with Gasteiger partial charge in [0.1, 0.15) is 12.4 Å². The standard InChI is InChI=1S/C15H17NO3/c1-11(17)13-7-3-4-8-14(13)19-10-12-6-5-9-15(16-12)18-2/h3-9,11,17H,10H2,1-2H3. The zero-order chi connectivity index (χ0) is 13.7. The number of pyridine rings is 1. The van der Waals surface area contributed by atoms with E-state index in [-0.39, 0.29) is 0 Å². The van der Waals surface area contributed by atoms with Gasteiger partial charge in [0, 0.05) is 11.6 Å². The number of ether oxygens (including phenoxy) is 2. The number of hydrogen-bond donors (Lipinski definition) is 1. The summed E-state index contributed by atoms with van der Waals surface area (Å²) in [5.41, 5.74) is 1.55. The van der Waals surface area contributed by atoms with E-state index >= 15 is 0 Å². The Hall–Kier alpha value is -2.07. The van der Waals surface area contributed by atoms with Gasteiger partial charge in [-0.1, -0.05) is 24.3 Å². The average Bonchev–Trinajstić information content (AvgIpc) is 2.45. The van der Waals surface area contributed by atoms with Gasteiger partial charge in [-0.05, 0) is 19.1 Å². The highest BCUT2D eigenvalue weighted by Gasteiger charge is 2.08. The van der Waals surface area contributed by atoms with Crippen LogP contribution in [0.25, 0.3) is 0 Å². The summed E-state index contributed by atoms with van der Waals surface area (Å²) < 4.78 is 10.8. The molecule has 0 saturated heterocycles. The van der Waals surface area contributed by atoms with Crippen LogP contribution >= 0.6 is 0 Å². The lowest BCUT2D eigenvalue weighted by Gasteiger charge is -2.13. The molecule has 1 aromatic carbocycles. The fraction of sp³-hybridized carbons (Fsp3) is 0.267. The van der Waals surface area contributed by atoms with Crippen LogP contribution in [-0.4, -0.2) is 17.2 Å². The van der Waals surface area contributed by atoms with E-state index in [9.17, 15) is 5.11 Å². The highest BCUT2D eigenvalue weighted by molar-refractivity contribution is 5.34. The number of aliphatic hydroxyl groups excluding tert-OH is 1. The Morgan fingerprint density at radius 1 is 1.16 bits per heavy atom. The van der Waals surface area contributed by atoms with Crippen LogP contribution in [0.3, 0.4) is 0 Å². The van der Waals surface area contributed by atoms with Gasteiger partial charge in [0.05, 0.1) is 18.9 Å². The van der Waals surface area contributed by atoms with Crippen molar-refractivity contribution in [3.8, 4) is 11.6 Å². The first-order valence-electron chi connectivity index (χ1n) is 6.10. The largest absolute Gasteiger partial charge is 0.487 e. The molecule has 0 radical (unpaired) electrons. The van der Waals surface area contributed by atoms with E-state index in [1.807, 2.05) is 36.4 Å². The normalized spacial score (nSPS) is 11.9. The lowest BCUT2D eigenvalue weighted by Crippen LogP contribution is -2.02. The van der Waals surface area contributed by atoms with E-state index < -0.39 is 6.10 Å². The topological polar surface area (TPSA) is 51.6 Å². The Bertz CT molecular complexity index is 540. The van der Waals surface area contributed by atoms with E-state index in [1.54, 1.807) is 20.1 Å². The van der Waals surface area contributed by atoms with Crippen LogP contribution in [0.15, 0.2) is 42.5 Å². The lowest BCUT2D eigenvalue weighted by molar-refractivity contribution is 0.189. The highest BCUT2D eigenvalue weighted by atomic mass is 16.5. The third kappa shape index (κ3) is 3.45. The molecule has 2 rings (SSSR count). The summed E-state index contributed by atoms with van der Waals surface area (Å²) in [6.07, 6.45) is -0.561. The summed E-state index contributed by atoms with van der Waals surface area (Å²) in [7, 11) is 1.58. The Morgan fingerprint density at radius 2 is 1.95 bits per heavy atom. The van der Waals surface area contributed by atoms with Crippen molar-refractivity contribution in [2.75, 3.05) is 7.11 Å². The minimum Gasteiger partial charge on any atom is -0.487 e. The number of rotatable bonds is 5. The van der Waals surface area contributed by atoms with Crippen molar-refractivity contribution in [2.45, 2.75) is 19.6 Å². The van der Waals surface area contributed by atoms with Crippen LogP contribution < -0.4 is 9.47 Å². The van der Waals surface area contributed by atoms with Gasteiger partial charge < -0.3 is 14.6 Å². The molecule has 0 aliphatic rings. The molecule has 2 aromatic rings. The minimum atomic E-state index is -0.561. The third-order valence-electron chi connectivity index (χ3n) is 2.74. The first-order chi connectivity index (χ1) is 9.20. The molecule has 0 aliphatic carbocycles. The molecule has 4 nitrogen and oxygen atoms in total. The molecular formula is C15H17NO3. The van der Waals surface area contributed by atoms with Crippen molar-refractivity contribution < 1.29 is 14.6 Å². The number of methoxy groups -OCH3 is 1. The monoisotopic (exact) mass is 259 g/mol. The molecule has 19 heavy (non-hydrogen) atoms. The van der Waals surface area contributed by atoms with Crippen molar-refractivity contribution in [1.82, 2.24) is 4.98 Å². The molecule has 0 amide bonds. The van der Waals surface area contributed by atoms with Crippen LogP contribution in [0, 0.1) is 0 Å². The van der Waals surface area contributed by atoms with Gasteiger partial charge in [-0.2, -0.15) is 0 Å². The fourth-order valence-corrected chi connectivity index (χ4v) is 1.76. The Labute approximate surface area is 112 Å². The van der Waals surface area contributed by atoms with E-state index in [4.69, 9.17) is 9.47 Å². The smallest absolute Gasteiger partial charge is 0.213 e. The van der Waals surface area contributed by atoms with E-state index in [0.29, 0.717) is 18.2 Å². The maximum absolute atomic E-state index is 9.67. The van der Waals surface area contributed by atoms with E-state index in [0.717, 1.165) is 11.3 Å². The molecule has 0 spiro atoms. The number of hydrogen-bond acceptors (Lipinski definition) is 4. The van der Waals surface area contributed by atoms with Crippen LogP contribution in [-0.2, 0) is 6.61 Å². The van der Waals surface area contributed by atoms with E-state index in [1.165, 1.54) is 0 Å². The summed E-state index contributed by atoms with van der Waals surface area (Å²) in [5, 5.41) is 9.67. The van der Waals surface area contributed by atoms with Crippen LogP contribution in [0.4, 0.5) is 0 Å². The lowest BCUT2D eigenvalue weighted by atomic mass is 10.1. The summed E-state index contributed by atoms with van der Waals surface area (Å²) in [5.74, 6) is 1.23. The second-order valence-corrected chi connectivity index (χ2v) is 4.17. The average molecular weight is 259 g/mol. The molecule has 0 aliphatic heterocycles. The molecule has 0 fully saturated rings. The zero-order valence-electron chi connectivity index (χ0n) is 11.0. The van der Waals surface area contributed by atoms with Gasteiger partial charge in [0.15, 0.2) is 0 Å². The molecule has 0 saturated carbocycles. The number of aliphatic hydroxyl groups is 1. The predicted octanol–water partition coefficient (Wildman–Crippen LogP) is 2.72. The summed E-state index contributed by atoms with van der Waals surface area (Å²) in [4.78, 5) is 4.27. The van der Waals surface area contributed by atoms with Crippen LogP contribution in [0.5, 0.6) is 11.6 Å². The fourth-order valence-electron chi connectivity index (χ4n) is 1.76. The Kier molecular flexibility index (Phi) is 4.36. The molecule has 1 unspecified atom stereocenters. The van der Waals surface area contributed by atoms with Crippen LogP contribution in [0.1, 0.15) is 24.3 Å². The molecule has 0 bridgehead atoms. The molecule has 100 valence electrons.